The van der Waals surface area contributed by atoms with Crippen LogP contribution in [-0.2, 0) is 19.3 Å². The summed E-state index contributed by atoms with van der Waals surface area (Å²) in [4.78, 5) is 14.0. The van der Waals surface area contributed by atoms with Crippen molar-refractivity contribution in [2.75, 3.05) is 0 Å². The molecule has 23 heavy (non-hydrogen) atoms. The third-order valence-electron chi connectivity index (χ3n) is 4.64. The van der Waals surface area contributed by atoms with Gasteiger partial charge in [-0.3, -0.25) is 4.79 Å². The standard InChI is InChI=1S/C20H25NOS/c1-15(12-13-16-8-4-2-5-9-16)21-20(22)18-14-23-19-11-7-3-6-10-17(18)19/h2,4-5,8-9,14-15H,3,6-7,10-13H2,1H3,(H,21,22)/t15-/m0/s1. The summed E-state index contributed by atoms with van der Waals surface area (Å²) in [5.74, 6) is 0.116. The fourth-order valence-corrected chi connectivity index (χ4v) is 4.39. The minimum absolute atomic E-state index is 0.116. The van der Waals surface area contributed by atoms with Crippen LogP contribution in [0.1, 0.15) is 59.0 Å². The van der Waals surface area contributed by atoms with Crippen molar-refractivity contribution < 1.29 is 4.79 Å². The molecule has 122 valence electrons. The molecule has 0 unspecified atom stereocenters. The van der Waals surface area contributed by atoms with Crippen molar-refractivity contribution in [1.82, 2.24) is 5.32 Å². The molecular formula is C20H25NOS. The molecule has 0 radical (unpaired) electrons. The van der Waals surface area contributed by atoms with E-state index in [4.69, 9.17) is 0 Å². The SMILES string of the molecule is C[C@@H](CCc1ccccc1)NC(=O)c1csc2c1CCCCC2. The van der Waals surface area contributed by atoms with Crippen LogP contribution in [0.5, 0.6) is 0 Å². The van der Waals surface area contributed by atoms with E-state index in [0.29, 0.717) is 0 Å². The van der Waals surface area contributed by atoms with Gasteiger partial charge in [0.15, 0.2) is 0 Å². The number of rotatable bonds is 5. The third-order valence-corrected chi connectivity index (χ3v) is 5.73. The molecule has 0 bridgehead atoms. The molecule has 2 nitrogen and oxygen atoms in total. The first-order valence-corrected chi connectivity index (χ1v) is 9.56. The Labute approximate surface area is 142 Å². The fraction of sp³-hybridized carbons (Fsp3) is 0.450. The molecule has 1 atom stereocenters. The highest BCUT2D eigenvalue weighted by molar-refractivity contribution is 7.10. The lowest BCUT2D eigenvalue weighted by molar-refractivity contribution is 0.0938. The van der Waals surface area contributed by atoms with Gasteiger partial charge in [0.2, 0.25) is 0 Å². The molecule has 0 aliphatic heterocycles. The quantitative estimate of drug-likeness (QED) is 0.788. The summed E-state index contributed by atoms with van der Waals surface area (Å²) in [6.45, 7) is 2.10. The van der Waals surface area contributed by atoms with Crippen LogP contribution in [0.2, 0.25) is 0 Å². The third kappa shape index (κ3) is 4.23. The maximum Gasteiger partial charge on any atom is 0.252 e. The zero-order valence-electron chi connectivity index (χ0n) is 13.8. The topological polar surface area (TPSA) is 29.1 Å². The van der Waals surface area contributed by atoms with Crippen LogP contribution < -0.4 is 5.32 Å². The van der Waals surface area contributed by atoms with Crippen LogP contribution in [-0.4, -0.2) is 11.9 Å². The van der Waals surface area contributed by atoms with E-state index < -0.39 is 0 Å². The van der Waals surface area contributed by atoms with Crippen LogP contribution in [0, 0.1) is 0 Å². The van der Waals surface area contributed by atoms with Gasteiger partial charge in [-0.15, -0.1) is 11.3 Å². The first-order valence-electron chi connectivity index (χ1n) is 8.68. The predicted octanol–water partition coefficient (Wildman–Crippen LogP) is 4.77. The highest BCUT2D eigenvalue weighted by atomic mass is 32.1. The number of amides is 1. The Balaban J connectivity index is 1.57. The van der Waals surface area contributed by atoms with E-state index >= 15 is 0 Å². The van der Waals surface area contributed by atoms with Crippen LogP contribution in [0.3, 0.4) is 0 Å². The van der Waals surface area contributed by atoms with Crippen LogP contribution in [0.25, 0.3) is 0 Å². The number of fused-ring (bicyclic) bond motifs is 1. The van der Waals surface area contributed by atoms with E-state index in [1.165, 1.54) is 35.3 Å². The zero-order chi connectivity index (χ0) is 16.1. The van der Waals surface area contributed by atoms with Gasteiger partial charge in [0, 0.05) is 16.3 Å². The zero-order valence-corrected chi connectivity index (χ0v) is 14.6. The number of thiophene rings is 1. The van der Waals surface area contributed by atoms with Crippen LogP contribution in [0.4, 0.5) is 0 Å². The van der Waals surface area contributed by atoms with Gasteiger partial charge in [-0.2, -0.15) is 0 Å². The Hall–Kier alpha value is -1.61. The molecule has 1 aromatic carbocycles. The molecule has 0 fully saturated rings. The lowest BCUT2D eigenvalue weighted by atomic mass is 10.0. The minimum Gasteiger partial charge on any atom is -0.350 e. The van der Waals surface area contributed by atoms with Gasteiger partial charge in [0.25, 0.3) is 5.91 Å². The van der Waals surface area contributed by atoms with Gasteiger partial charge in [0.05, 0.1) is 5.56 Å². The van der Waals surface area contributed by atoms with Crippen molar-refractivity contribution in [1.29, 1.82) is 0 Å². The van der Waals surface area contributed by atoms with Crippen molar-refractivity contribution in [2.45, 2.75) is 57.9 Å². The second-order valence-electron chi connectivity index (χ2n) is 6.51. The van der Waals surface area contributed by atoms with Crippen molar-refractivity contribution >= 4 is 17.2 Å². The maximum atomic E-state index is 12.6. The Bertz CT molecular complexity index is 647. The van der Waals surface area contributed by atoms with E-state index in [1.54, 1.807) is 11.3 Å². The smallest absolute Gasteiger partial charge is 0.252 e. The molecule has 1 heterocycles. The second kappa shape index (κ2) is 7.78. The number of aryl methyl sites for hydroxylation is 2. The summed E-state index contributed by atoms with van der Waals surface area (Å²) in [5, 5.41) is 5.26. The largest absolute Gasteiger partial charge is 0.350 e. The number of hydrogen-bond acceptors (Lipinski definition) is 2. The van der Waals surface area contributed by atoms with E-state index in [9.17, 15) is 4.79 Å². The molecule has 1 aliphatic rings. The molecule has 0 saturated heterocycles. The Morgan fingerprint density at radius 1 is 1.17 bits per heavy atom. The van der Waals surface area contributed by atoms with Crippen LogP contribution >= 0.6 is 11.3 Å². The molecule has 0 spiro atoms. The summed E-state index contributed by atoms with van der Waals surface area (Å²) < 4.78 is 0. The first-order chi connectivity index (χ1) is 11.2. The maximum absolute atomic E-state index is 12.6. The van der Waals surface area contributed by atoms with Gasteiger partial charge in [-0.25, -0.2) is 0 Å². The molecule has 2 aromatic rings. The van der Waals surface area contributed by atoms with Crippen molar-refractivity contribution in [3.8, 4) is 0 Å². The van der Waals surface area contributed by atoms with Gasteiger partial charge in [-0.05, 0) is 56.6 Å². The van der Waals surface area contributed by atoms with Crippen molar-refractivity contribution in [3.63, 3.8) is 0 Å². The number of nitrogens with one attached hydrogen (secondary N) is 1. The predicted molar refractivity (Wildman–Crippen MR) is 97.3 cm³/mol. The Kier molecular flexibility index (Phi) is 5.50. The Morgan fingerprint density at radius 2 is 1.96 bits per heavy atom. The van der Waals surface area contributed by atoms with E-state index in [0.717, 1.165) is 31.2 Å². The number of hydrogen-bond donors (Lipinski definition) is 1. The average molecular weight is 327 g/mol. The number of benzene rings is 1. The highest BCUT2D eigenvalue weighted by Crippen LogP contribution is 2.29. The summed E-state index contributed by atoms with van der Waals surface area (Å²) in [7, 11) is 0. The highest BCUT2D eigenvalue weighted by Gasteiger charge is 2.20. The molecular weight excluding hydrogens is 302 g/mol. The molecule has 1 aromatic heterocycles. The Morgan fingerprint density at radius 3 is 2.78 bits per heavy atom. The average Bonchev–Trinajstić information content (AvgIpc) is 2.83. The first kappa shape index (κ1) is 16.3. The molecule has 1 amide bonds. The molecule has 1 aliphatic carbocycles. The lowest BCUT2D eigenvalue weighted by Gasteiger charge is -2.14. The van der Waals surface area contributed by atoms with Crippen LogP contribution in [0.15, 0.2) is 35.7 Å². The summed E-state index contributed by atoms with van der Waals surface area (Å²) >= 11 is 1.77. The normalized spacial score (nSPS) is 15.5. The van der Waals surface area contributed by atoms with Gasteiger partial charge in [0.1, 0.15) is 0 Å². The summed E-state index contributed by atoms with van der Waals surface area (Å²) in [5.41, 5.74) is 3.58. The van der Waals surface area contributed by atoms with Gasteiger partial charge in [-0.1, -0.05) is 36.8 Å². The summed E-state index contributed by atoms with van der Waals surface area (Å²) in [6, 6.07) is 10.7. The van der Waals surface area contributed by atoms with Gasteiger partial charge < -0.3 is 5.32 Å². The van der Waals surface area contributed by atoms with E-state index in [1.807, 2.05) is 6.07 Å². The summed E-state index contributed by atoms with van der Waals surface area (Å²) in [6.07, 6.45) is 7.97. The number of carbonyl (C=O) groups excluding carboxylic acids is 1. The van der Waals surface area contributed by atoms with E-state index in [-0.39, 0.29) is 11.9 Å². The minimum atomic E-state index is 0.116. The molecule has 3 heteroatoms. The molecule has 0 saturated carbocycles. The van der Waals surface area contributed by atoms with E-state index in [2.05, 4.69) is 41.9 Å². The van der Waals surface area contributed by atoms with Crippen molar-refractivity contribution in [3.05, 3.63) is 57.3 Å². The monoisotopic (exact) mass is 327 g/mol. The number of carbonyl (C=O) groups is 1. The second-order valence-corrected chi connectivity index (χ2v) is 7.47. The van der Waals surface area contributed by atoms with Gasteiger partial charge >= 0.3 is 0 Å². The molecule has 1 N–H and O–H groups in total. The lowest BCUT2D eigenvalue weighted by Crippen LogP contribution is -2.33. The van der Waals surface area contributed by atoms with Crippen molar-refractivity contribution in [2.24, 2.45) is 0 Å². The molecule has 3 rings (SSSR count). The fourth-order valence-electron chi connectivity index (χ4n) is 3.26.